The van der Waals surface area contributed by atoms with E-state index in [1.165, 1.54) is 7.11 Å². The summed E-state index contributed by atoms with van der Waals surface area (Å²) in [5.41, 5.74) is -0.164. The monoisotopic (exact) mass is 248 g/mol. The van der Waals surface area contributed by atoms with Gasteiger partial charge in [0.15, 0.2) is 0 Å². The first-order valence-electron chi connectivity index (χ1n) is 6.07. The zero-order valence-electron chi connectivity index (χ0n) is 10.8. The molecule has 1 N–H and O–H groups in total. The lowest BCUT2D eigenvalue weighted by atomic mass is 9.77. The lowest BCUT2D eigenvalue weighted by Crippen LogP contribution is -2.40. The summed E-state index contributed by atoms with van der Waals surface area (Å²) in [6, 6.07) is 9.29. The Labute approximate surface area is 108 Å². The Bertz CT molecular complexity index is 386. The molecule has 0 aliphatic carbocycles. The van der Waals surface area contributed by atoms with Crippen LogP contribution in [0.4, 0.5) is 0 Å². The van der Waals surface area contributed by atoms with Gasteiger partial charge in [-0.25, -0.2) is 0 Å². The zero-order chi connectivity index (χ0) is 13.4. The highest BCUT2D eigenvalue weighted by molar-refractivity contribution is 5.83. The van der Waals surface area contributed by atoms with E-state index in [2.05, 4.69) is 6.58 Å². The maximum Gasteiger partial charge on any atom is 0.318 e. The number of aliphatic hydroxyl groups is 1. The van der Waals surface area contributed by atoms with Gasteiger partial charge in [-0.3, -0.25) is 4.79 Å². The van der Waals surface area contributed by atoms with E-state index in [1.807, 2.05) is 36.4 Å². The summed E-state index contributed by atoms with van der Waals surface area (Å²) in [6.45, 7) is 3.42. The third-order valence-electron chi connectivity index (χ3n) is 3.18. The minimum atomic E-state index is -0.959. The standard InChI is InChI=1S/C15H20O3/c1-3-4-8-11-15(12-16,14(17)18-2)13-9-6-5-7-10-13/h3,5-7,9-10,16H,1,4,8,11-12H2,2H3. The van der Waals surface area contributed by atoms with E-state index in [4.69, 9.17) is 4.74 Å². The molecule has 1 rings (SSSR count). The summed E-state index contributed by atoms with van der Waals surface area (Å²) in [6.07, 6.45) is 3.95. The fourth-order valence-electron chi connectivity index (χ4n) is 2.10. The SMILES string of the molecule is C=CCCCC(CO)(C(=O)OC)c1ccccc1. The fraction of sp³-hybridized carbons (Fsp3) is 0.400. The largest absolute Gasteiger partial charge is 0.468 e. The van der Waals surface area contributed by atoms with Crippen molar-refractivity contribution in [2.45, 2.75) is 24.7 Å². The Morgan fingerprint density at radius 1 is 1.44 bits per heavy atom. The van der Waals surface area contributed by atoms with E-state index < -0.39 is 5.41 Å². The average molecular weight is 248 g/mol. The number of ether oxygens (including phenoxy) is 1. The van der Waals surface area contributed by atoms with Crippen LogP contribution in [0, 0.1) is 0 Å². The lowest BCUT2D eigenvalue weighted by Gasteiger charge is -2.29. The molecule has 1 unspecified atom stereocenters. The third-order valence-corrected chi connectivity index (χ3v) is 3.18. The summed E-state index contributed by atoms with van der Waals surface area (Å²) in [5.74, 6) is -0.389. The molecule has 1 atom stereocenters. The van der Waals surface area contributed by atoms with Crippen molar-refractivity contribution in [1.29, 1.82) is 0 Å². The molecule has 0 aliphatic heterocycles. The van der Waals surface area contributed by atoms with Gasteiger partial charge in [-0.05, 0) is 24.8 Å². The second kappa shape index (κ2) is 6.97. The number of carbonyl (C=O) groups excluding carboxylic acids is 1. The second-order valence-electron chi connectivity index (χ2n) is 4.28. The highest BCUT2D eigenvalue weighted by Crippen LogP contribution is 2.31. The van der Waals surface area contributed by atoms with Crippen LogP contribution in [0.15, 0.2) is 43.0 Å². The smallest absolute Gasteiger partial charge is 0.318 e. The number of rotatable bonds is 7. The van der Waals surface area contributed by atoms with Crippen molar-refractivity contribution in [3.05, 3.63) is 48.6 Å². The number of aliphatic hydroxyl groups excluding tert-OH is 1. The molecule has 0 spiro atoms. The molecular formula is C15H20O3. The number of methoxy groups -OCH3 is 1. The summed E-state index contributed by atoms with van der Waals surface area (Å²) in [4.78, 5) is 12.1. The maximum atomic E-state index is 12.1. The Morgan fingerprint density at radius 2 is 2.11 bits per heavy atom. The first kappa shape index (κ1) is 14.5. The number of allylic oxidation sites excluding steroid dienone is 1. The van der Waals surface area contributed by atoms with E-state index in [9.17, 15) is 9.90 Å². The topological polar surface area (TPSA) is 46.5 Å². The van der Waals surface area contributed by atoms with Crippen molar-refractivity contribution >= 4 is 5.97 Å². The average Bonchev–Trinajstić information content (AvgIpc) is 2.44. The van der Waals surface area contributed by atoms with Gasteiger partial charge in [-0.1, -0.05) is 36.4 Å². The predicted molar refractivity (Wildman–Crippen MR) is 71.3 cm³/mol. The molecule has 0 fully saturated rings. The van der Waals surface area contributed by atoms with Crippen LogP contribution in [0.3, 0.4) is 0 Å². The molecule has 0 heterocycles. The van der Waals surface area contributed by atoms with E-state index in [1.54, 1.807) is 0 Å². The van der Waals surface area contributed by atoms with Gasteiger partial charge >= 0.3 is 5.97 Å². The molecule has 3 nitrogen and oxygen atoms in total. The van der Waals surface area contributed by atoms with Gasteiger partial charge in [0.05, 0.1) is 13.7 Å². The van der Waals surface area contributed by atoms with Gasteiger partial charge in [0.2, 0.25) is 0 Å². The highest BCUT2D eigenvalue weighted by atomic mass is 16.5. The Hall–Kier alpha value is -1.61. The molecular weight excluding hydrogens is 228 g/mol. The number of carbonyl (C=O) groups is 1. The van der Waals surface area contributed by atoms with Crippen LogP contribution in [0.2, 0.25) is 0 Å². The molecule has 0 saturated carbocycles. The number of hydrogen-bond donors (Lipinski definition) is 1. The molecule has 18 heavy (non-hydrogen) atoms. The van der Waals surface area contributed by atoms with Gasteiger partial charge in [0.1, 0.15) is 5.41 Å². The molecule has 1 aromatic rings. The molecule has 3 heteroatoms. The highest BCUT2D eigenvalue weighted by Gasteiger charge is 2.40. The van der Waals surface area contributed by atoms with Crippen molar-refractivity contribution in [3.8, 4) is 0 Å². The molecule has 0 aromatic heterocycles. The van der Waals surface area contributed by atoms with Crippen LogP contribution in [0.5, 0.6) is 0 Å². The van der Waals surface area contributed by atoms with Crippen LogP contribution < -0.4 is 0 Å². The fourth-order valence-corrected chi connectivity index (χ4v) is 2.10. The number of benzene rings is 1. The zero-order valence-corrected chi connectivity index (χ0v) is 10.8. The molecule has 1 aromatic carbocycles. The van der Waals surface area contributed by atoms with Crippen LogP contribution in [-0.2, 0) is 14.9 Å². The number of unbranched alkanes of at least 4 members (excludes halogenated alkanes) is 1. The summed E-state index contributed by atoms with van der Waals surface area (Å²) in [7, 11) is 1.35. The van der Waals surface area contributed by atoms with Gasteiger partial charge in [-0.2, -0.15) is 0 Å². The van der Waals surface area contributed by atoms with E-state index in [0.29, 0.717) is 6.42 Å². The van der Waals surface area contributed by atoms with Gasteiger partial charge in [-0.15, -0.1) is 6.58 Å². The van der Waals surface area contributed by atoms with Crippen molar-refractivity contribution in [2.24, 2.45) is 0 Å². The minimum absolute atomic E-state index is 0.249. The third kappa shape index (κ3) is 2.99. The van der Waals surface area contributed by atoms with Crippen LogP contribution in [-0.4, -0.2) is 24.8 Å². The van der Waals surface area contributed by atoms with Crippen molar-refractivity contribution in [1.82, 2.24) is 0 Å². The van der Waals surface area contributed by atoms with Gasteiger partial charge in [0.25, 0.3) is 0 Å². The van der Waals surface area contributed by atoms with Crippen LogP contribution in [0.1, 0.15) is 24.8 Å². The summed E-state index contributed by atoms with van der Waals surface area (Å²) >= 11 is 0. The van der Waals surface area contributed by atoms with Crippen LogP contribution >= 0.6 is 0 Å². The quantitative estimate of drug-likeness (QED) is 0.458. The molecule has 0 aliphatic rings. The predicted octanol–water partition coefficient (Wildman–Crippen LogP) is 2.45. The summed E-state index contributed by atoms with van der Waals surface area (Å²) in [5, 5.41) is 9.70. The van der Waals surface area contributed by atoms with E-state index in [-0.39, 0.29) is 12.6 Å². The van der Waals surface area contributed by atoms with Gasteiger partial charge in [0, 0.05) is 0 Å². The Balaban J connectivity index is 3.06. The molecule has 0 bridgehead atoms. The first-order chi connectivity index (χ1) is 8.71. The number of esters is 1. The van der Waals surface area contributed by atoms with E-state index in [0.717, 1.165) is 18.4 Å². The van der Waals surface area contributed by atoms with Gasteiger partial charge < -0.3 is 9.84 Å². The second-order valence-corrected chi connectivity index (χ2v) is 4.28. The lowest BCUT2D eigenvalue weighted by molar-refractivity contribution is -0.149. The van der Waals surface area contributed by atoms with Crippen molar-refractivity contribution in [3.63, 3.8) is 0 Å². The maximum absolute atomic E-state index is 12.1. The minimum Gasteiger partial charge on any atom is -0.468 e. The molecule has 0 radical (unpaired) electrons. The Kier molecular flexibility index (Phi) is 5.59. The molecule has 0 saturated heterocycles. The van der Waals surface area contributed by atoms with Crippen molar-refractivity contribution < 1.29 is 14.6 Å². The number of hydrogen-bond acceptors (Lipinski definition) is 3. The van der Waals surface area contributed by atoms with Crippen LogP contribution in [0.25, 0.3) is 0 Å². The van der Waals surface area contributed by atoms with Crippen molar-refractivity contribution in [2.75, 3.05) is 13.7 Å². The normalized spacial score (nSPS) is 13.7. The Morgan fingerprint density at radius 3 is 2.61 bits per heavy atom. The molecule has 98 valence electrons. The summed E-state index contributed by atoms with van der Waals surface area (Å²) < 4.78 is 4.87. The van der Waals surface area contributed by atoms with E-state index >= 15 is 0 Å². The first-order valence-corrected chi connectivity index (χ1v) is 6.07. The molecule has 0 amide bonds.